The van der Waals surface area contributed by atoms with Crippen LogP contribution < -0.4 is 10.1 Å². The van der Waals surface area contributed by atoms with Gasteiger partial charge in [-0.3, -0.25) is 0 Å². The van der Waals surface area contributed by atoms with E-state index < -0.39 is 12.7 Å². The number of rotatable bonds is 5. The molecule has 0 aliphatic carbocycles. The summed E-state index contributed by atoms with van der Waals surface area (Å²) in [5.41, 5.74) is 0.730. The van der Waals surface area contributed by atoms with E-state index in [1.54, 1.807) is 24.3 Å². The molecule has 0 unspecified atom stereocenters. The lowest BCUT2D eigenvalue weighted by Crippen LogP contribution is -2.28. The molecule has 1 aromatic carbocycles. The van der Waals surface area contributed by atoms with E-state index >= 15 is 0 Å². The molecular weight excluding hydrogens is 219 g/mol. The Balaban J connectivity index is 2.52. The maximum absolute atomic E-state index is 11.9. The van der Waals surface area contributed by atoms with Crippen LogP contribution in [-0.4, -0.2) is 19.3 Å². The van der Waals surface area contributed by atoms with Crippen molar-refractivity contribution < 1.29 is 17.9 Å². The number of alkyl halides is 3. The number of ether oxygens (including phenoxy) is 1. The lowest BCUT2D eigenvalue weighted by atomic mass is 10.2. The van der Waals surface area contributed by atoms with Gasteiger partial charge in [-0.15, -0.1) is 0 Å². The van der Waals surface area contributed by atoms with Crippen LogP contribution in [0.15, 0.2) is 24.3 Å². The highest BCUT2D eigenvalue weighted by atomic mass is 19.4. The van der Waals surface area contributed by atoms with Crippen molar-refractivity contribution in [3.8, 4) is 5.75 Å². The van der Waals surface area contributed by atoms with Crippen LogP contribution in [0, 0.1) is 0 Å². The van der Waals surface area contributed by atoms with E-state index in [1.807, 2.05) is 6.92 Å². The molecule has 0 atom stereocenters. The average molecular weight is 233 g/mol. The summed E-state index contributed by atoms with van der Waals surface area (Å²) in [4.78, 5) is 0. The minimum absolute atomic E-state index is 0.148. The molecule has 0 aliphatic heterocycles. The SMILES string of the molecule is CCOc1ccccc1CNCC(F)(F)F. The maximum atomic E-state index is 11.9. The van der Waals surface area contributed by atoms with E-state index in [1.165, 1.54) is 0 Å². The number of nitrogens with one attached hydrogen (secondary N) is 1. The summed E-state index contributed by atoms with van der Waals surface area (Å²) in [7, 11) is 0. The van der Waals surface area contributed by atoms with Gasteiger partial charge in [-0.05, 0) is 13.0 Å². The molecule has 5 heteroatoms. The first-order valence-electron chi connectivity index (χ1n) is 5.01. The van der Waals surface area contributed by atoms with Gasteiger partial charge < -0.3 is 10.1 Å². The zero-order valence-electron chi connectivity index (χ0n) is 8.97. The van der Waals surface area contributed by atoms with Crippen molar-refractivity contribution in [3.05, 3.63) is 29.8 Å². The van der Waals surface area contributed by atoms with Gasteiger partial charge in [-0.25, -0.2) is 0 Å². The zero-order chi connectivity index (χ0) is 12.0. The number of halogens is 3. The lowest BCUT2D eigenvalue weighted by molar-refractivity contribution is -0.125. The summed E-state index contributed by atoms with van der Waals surface area (Å²) in [6.07, 6.45) is -4.18. The zero-order valence-corrected chi connectivity index (χ0v) is 8.97. The Morgan fingerprint density at radius 3 is 2.56 bits per heavy atom. The molecule has 0 fully saturated rings. The molecule has 0 radical (unpaired) electrons. The van der Waals surface area contributed by atoms with Gasteiger partial charge in [0.25, 0.3) is 0 Å². The highest BCUT2D eigenvalue weighted by Gasteiger charge is 2.26. The molecule has 1 rings (SSSR count). The quantitative estimate of drug-likeness (QED) is 0.844. The monoisotopic (exact) mass is 233 g/mol. The second kappa shape index (κ2) is 5.75. The van der Waals surface area contributed by atoms with Crippen molar-refractivity contribution in [1.82, 2.24) is 5.32 Å². The van der Waals surface area contributed by atoms with Crippen LogP contribution in [-0.2, 0) is 6.54 Å². The predicted molar refractivity (Wildman–Crippen MR) is 55.4 cm³/mol. The molecule has 0 aromatic heterocycles. The average Bonchev–Trinajstić information content (AvgIpc) is 2.19. The third kappa shape index (κ3) is 4.53. The minimum Gasteiger partial charge on any atom is -0.494 e. The summed E-state index contributed by atoms with van der Waals surface area (Å²) in [5.74, 6) is 0.625. The highest BCUT2D eigenvalue weighted by molar-refractivity contribution is 5.33. The van der Waals surface area contributed by atoms with Crippen molar-refractivity contribution in [1.29, 1.82) is 0 Å². The van der Waals surface area contributed by atoms with Crippen LogP contribution in [0.3, 0.4) is 0 Å². The van der Waals surface area contributed by atoms with E-state index in [-0.39, 0.29) is 6.54 Å². The van der Waals surface area contributed by atoms with E-state index in [0.29, 0.717) is 12.4 Å². The third-order valence-corrected chi connectivity index (χ3v) is 1.91. The van der Waals surface area contributed by atoms with E-state index in [0.717, 1.165) is 5.56 Å². The fraction of sp³-hybridized carbons (Fsp3) is 0.455. The van der Waals surface area contributed by atoms with Gasteiger partial charge in [-0.2, -0.15) is 13.2 Å². The van der Waals surface area contributed by atoms with Crippen LogP contribution in [0.1, 0.15) is 12.5 Å². The Labute approximate surface area is 92.4 Å². The number of hydrogen-bond acceptors (Lipinski definition) is 2. The molecule has 90 valence electrons. The molecule has 16 heavy (non-hydrogen) atoms. The molecular formula is C11H14F3NO. The highest BCUT2D eigenvalue weighted by Crippen LogP contribution is 2.18. The number of hydrogen-bond donors (Lipinski definition) is 1. The molecule has 0 saturated heterocycles. The molecule has 1 aromatic rings. The van der Waals surface area contributed by atoms with Crippen molar-refractivity contribution in [3.63, 3.8) is 0 Å². The van der Waals surface area contributed by atoms with E-state index in [2.05, 4.69) is 5.32 Å². The number of benzene rings is 1. The second-order valence-corrected chi connectivity index (χ2v) is 3.26. The fourth-order valence-corrected chi connectivity index (χ4v) is 1.29. The Morgan fingerprint density at radius 2 is 1.94 bits per heavy atom. The van der Waals surface area contributed by atoms with Crippen LogP contribution in [0.2, 0.25) is 0 Å². The van der Waals surface area contributed by atoms with E-state index in [4.69, 9.17) is 4.74 Å². The normalized spacial score (nSPS) is 11.5. The van der Waals surface area contributed by atoms with Crippen molar-refractivity contribution in [2.45, 2.75) is 19.6 Å². The molecule has 0 amide bonds. The molecule has 0 spiro atoms. The Hall–Kier alpha value is -1.23. The molecule has 0 heterocycles. The smallest absolute Gasteiger partial charge is 0.401 e. The Morgan fingerprint density at radius 1 is 1.25 bits per heavy atom. The van der Waals surface area contributed by atoms with Gasteiger partial charge in [0.05, 0.1) is 13.2 Å². The lowest BCUT2D eigenvalue weighted by Gasteiger charge is -2.11. The topological polar surface area (TPSA) is 21.3 Å². The van der Waals surface area contributed by atoms with Crippen LogP contribution in [0.4, 0.5) is 13.2 Å². The molecule has 0 bridgehead atoms. The van der Waals surface area contributed by atoms with Crippen molar-refractivity contribution >= 4 is 0 Å². The standard InChI is InChI=1S/C11H14F3NO/c1-2-16-10-6-4-3-5-9(10)7-15-8-11(12,13)14/h3-6,15H,2,7-8H2,1H3. The molecule has 0 aliphatic rings. The first kappa shape index (κ1) is 12.8. The van der Waals surface area contributed by atoms with Gasteiger partial charge in [0, 0.05) is 12.1 Å². The number of para-hydroxylation sites is 1. The fourth-order valence-electron chi connectivity index (χ4n) is 1.29. The summed E-state index contributed by atoms with van der Waals surface area (Å²) >= 11 is 0. The summed E-state index contributed by atoms with van der Waals surface area (Å²) in [5, 5.41) is 2.34. The van der Waals surface area contributed by atoms with Crippen molar-refractivity contribution in [2.75, 3.05) is 13.2 Å². The van der Waals surface area contributed by atoms with Crippen LogP contribution in [0.25, 0.3) is 0 Å². The van der Waals surface area contributed by atoms with Gasteiger partial charge in [0.1, 0.15) is 5.75 Å². The first-order chi connectivity index (χ1) is 7.53. The van der Waals surface area contributed by atoms with Gasteiger partial charge in [0.15, 0.2) is 0 Å². The summed E-state index contributed by atoms with van der Waals surface area (Å²) < 4.78 is 41.0. The first-order valence-corrected chi connectivity index (χ1v) is 5.01. The Bertz CT molecular complexity index is 325. The molecule has 0 saturated carbocycles. The van der Waals surface area contributed by atoms with Crippen LogP contribution >= 0.6 is 0 Å². The summed E-state index contributed by atoms with van der Waals surface area (Å²) in [6, 6.07) is 7.05. The van der Waals surface area contributed by atoms with Crippen molar-refractivity contribution in [2.24, 2.45) is 0 Å². The van der Waals surface area contributed by atoms with Crippen LogP contribution in [0.5, 0.6) is 5.75 Å². The van der Waals surface area contributed by atoms with Gasteiger partial charge >= 0.3 is 6.18 Å². The van der Waals surface area contributed by atoms with Gasteiger partial charge in [-0.1, -0.05) is 18.2 Å². The predicted octanol–water partition coefficient (Wildman–Crippen LogP) is 2.74. The third-order valence-electron chi connectivity index (χ3n) is 1.91. The van der Waals surface area contributed by atoms with E-state index in [9.17, 15) is 13.2 Å². The summed E-state index contributed by atoms with van der Waals surface area (Å²) in [6.45, 7) is 1.49. The molecule has 2 nitrogen and oxygen atoms in total. The minimum atomic E-state index is -4.18. The molecule has 1 N–H and O–H groups in total. The second-order valence-electron chi connectivity index (χ2n) is 3.26. The Kier molecular flexibility index (Phi) is 4.61. The maximum Gasteiger partial charge on any atom is 0.401 e. The largest absolute Gasteiger partial charge is 0.494 e. The van der Waals surface area contributed by atoms with Gasteiger partial charge in [0.2, 0.25) is 0 Å².